The van der Waals surface area contributed by atoms with E-state index in [0.717, 1.165) is 0 Å². The van der Waals surface area contributed by atoms with Crippen LogP contribution >= 0.6 is 0 Å². The van der Waals surface area contributed by atoms with Crippen molar-refractivity contribution in [1.82, 2.24) is 0 Å². The Morgan fingerprint density at radius 2 is 1.93 bits per heavy atom. The highest BCUT2D eigenvalue weighted by Gasteiger charge is 2.53. The van der Waals surface area contributed by atoms with Gasteiger partial charge < -0.3 is 39.4 Å². The van der Waals surface area contributed by atoms with Gasteiger partial charge in [-0.05, 0) is 0 Å². The molecule has 9 atom stereocenters. The summed E-state index contributed by atoms with van der Waals surface area (Å²) in [7, 11) is 1.23. The Morgan fingerprint density at radius 3 is 2.56 bits per heavy atom. The molecule has 4 N–H and O–H groups in total. The van der Waals surface area contributed by atoms with E-state index in [4.69, 9.17) is 18.9 Å². The highest BCUT2D eigenvalue weighted by molar-refractivity contribution is 5.92. The van der Waals surface area contributed by atoms with Crippen molar-refractivity contribution in [2.24, 2.45) is 17.8 Å². The molecular weight excluding hydrogens is 364 g/mol. The maximum absolute atomic E-state index is 12.2. The van der Waals surface area contributed by atoms with Crippen LogP contribution in [0.4, 0.5) is 0 Å². The van der Waals surface area contributed by atoms with Crippen LogP contribution in [-0.2, 0) is 28.5 Å². The number of rotatable bonds is 4. The predicted octanol–water partition coefficient (Wildman–Crippen LogP) is -1.94. The number of ketones is 1. The summed E-state index contributed by atoms with van der Waals surface area (Å²) in [4.78, 5) is 24.2. The van der Waals surface area contributed by atoms with Crippen LogP contribution in [0.5, 0.6) is 0 Å². The fourth-order valence-corrected chi connectivity index (χ4v) is 3.92. The lowest BCUT2D eigenvalue weighted by Gasteiger charge is -2.42. The first-order valence-electron chi connectivity index (χ1n) is 8.72. The van der Waals surface area contributed by atoms with Crippen molar-refractivity contribution in [3.8, 4) is 0 Å². The van der Waals surface area contributed by atoms with Crippen molar-refractivity contribution in [3.63, 3.8) is 0 Å². The molecule has 1 aliphatic carbocycles. The first kappa shape index (κ1) is 20.2. The number of aliphatic hydroxyl groups is 4. The van der Waals surface area contributed by atoms with E-state index in [1.165, 1.54) is 13.4 Å². The number of hydrogen-bond acceptors (Lipinski definition) is 10. The maximum Gasteiger partial charge on any atom is 0.337 e. The van der Waals surface area contributed by atoms with Gasteiger partial charge in [0.05, 0.1) is 25.6 Å². The van der Waals surface area contributed by atoms with Gasteiger partial charge in [-0.25, -0.2) is 4.79 Å². The van der Waals surface area contributed by atoms with Gasteiger partial charge in [-0.3, -0.25) is 4.79 Å². The molecule has 3 rings (SSSR count). The summed E-state index contributed by atoms with van der Waals surface area (Å²) in [6, 6.07) is 0. The number of carbonyl (C=O) groups excluding carboxylic acids is 2. The first-order chi connectivity index (χ1) is 12.8. The Bertz CT molecular complexity index is 617. The minimum atomic E-state index is -1.59. The molecule has 27 heavy (non-hydrogen) atoms. The second kappa shape index (κ2) is 7.82. The summed E-state index contributed by atoms with van der Waals surface area (Å²) < 4.78 is 21.2. The molecule has 0 aromatic heterocycles. The van der Waals surface area contributed by atoms with E-state index in [0.29, 0.717) is 0 Å². The molecule has 0 spiro atoms. The molecule has 0 amide bonds. The Kier molecular flexibility index (Phi) is 5.84. The van der Waals surface area contributed by atoms with Gasteiger partial charge in [0.1, 0.15) is 30.2 Å². The number of esters is 1. The van der Waals surface area contributed by atoms with Gasteiger partial charge >= 0.3 is 5.97 Å². The number of Topliss-reactive ketones (excluding diaryl/α,β-unsaturated/α-hetero) is 1. The van der Waals surface area contributed by atoms with E-state index < -0.39 is 67.3 Å². The van der Waals surface area contributed by atoms with E-state index >= 15 is 0 Å². The fourth-order valence-electron chi connectivity index (χ4n) is 3.92. The number of hydrogen-bond donors (Lipinski definition) is 4. The van der Waals surface area contributed by atoms with Crippen molar-refractivity contribution < 1.29 is 49.0 Å². The molecule has 0 radical (unpaired) electrons. The predicted molar refractivity (Wildman–Crippen MR) is 85.6 cm³/mol. The third-order valence-electron chi connectivity index (χ3n) is 5.55. The number of carbonyl (C=O) groups is 2. The minimum Gasteiger partial charge on any atom is -0.472 e. The molecular formula is C17H24O10. The van der Waals surface area contributed by atoms with Crippen LogP contribution in [0.25, 0.3) is 0 Å². The van der Waals surface area contributed by atoms with Crippen LogP contribution in [-0.4, -0.2) is 82.9 Å². The molecule has 0 aromatic carbocycles. The lowest BCUT2D eigenvalue weighted by molar-refractivity contribution is -0.342. The fraction of sp³-hybridized carbons (Fsp3) is 0.765. The zero-order valence-corrected chi connectivity index (χ0v) is 14.9. The molecule has 1 saturated carbocycles. The highest BCUT2D eigenvalue weighted by atomic mass is 16.8. The number of ether oxygens (including phenoxy) is 4. The van der Waals surface area contributed by atoms with Gasteiger partial charge in [-0.2, -0.15) is 0 Å². The number of methoxy groups -OCH3 is 1. The molecule has 2 aliphatic heterocycles. The summed E-state index contributed by atoms with van der Waals surface area (Å²) >= 11 is 0. The molecule has 10 heteroatoms. The molecule has 3 aliphatic rings. The normalized spacial score (nSPS) is 44.3. The topological polar surface area (TPSA) is 152 Å². The monoisotopic (exact) mass is 388 g/mol. The van der Waals surface area contributed by atoms with E-state index in [1.54, 1.807) is 6.92 Å². The standard InChI is InChI=1S/C17H24O10/c1-6-9(19)3-7-8(15(23)24-2)5-25-16(11(6)7)27-17-14(22)13(21)12(20)10(4-18)26-17/h5-7,10-14,16-18,20-22H,3-4H2,1-2H3/t6-,7+,10-,11+,12-,13+,14-,16-,17+/m0/s1. The Hall–Kier alpha value is -1.56. The largest absolute Gasteiger partial charge is 0.472 e. The van der Waals surface area contributed by atoms with Crippen LogP contribution in [0.3, 0.4) is 0 Å². The SMILES string of the molecule is COC(=O)C1=CO[C@@H](O[C@H]2O[C@@H](CO)[C@H](O)[C@@H](O)[C@@H]2O)[C@H]2[C@@H]1CC(=O)[C@@H]2C. The molecule has 0 aromatic rings. The summed E-state index contributed by atoms with van der Waals surface area (Å²) in [5, 5.41) is 39.1. The van der Waals surface area contributed by atoms with Crippen molar-refractivity contribution in [3.05, 3.63) is 11.8 Å². The van der Waals surface area contributed by atoms with E-state index in [1.807, 2.05) is 0 Å². The quantitative estimate of drug-likeness (QED) is 0.400. The van der Waals surface area contributed by atoms with Crippen LogP contribution in [0.15, 0.2) is 11.8 Å². The van der Waals surface area contributed by atoms with Gasteiger partial charge in [0.2, 0.25) is 6.29 Å². The van der Waals surface area contributed by atoms with Crippen LogP contribution in [0.1, 0.15) is 13.3 Å². The average Bonchev–Trinajstić information content (AvgIpc) is 2.96. The summed E-state index contributed by atoms with van der Waals surface area (Å²) in [5.41, 5.74) is 0.230. The van der Waals surface area contributed by atoms with Gasteiger partial charge in [0, 0.05) is 24.2 Å². The average molecular weight is 388 g/mol. The Labute approximate surface area is 155 Å². The molecule has 2 fully saturated rings. The molecule has 0 bridgehead atoms. The summed E-state index contributed by atoms with van der Waals surface area (Å²) in [5.74, 6) is -2.13. The zero-order chi connectivity index (χ0) is 19.9. The lowest BCUT2D eigenvalue weighted by atomic mass is 9.83. The van der Waals surface area contributed by atoms with Crippen LogP contribution < -0.4 is 0 Å². The summed E-state index contributed by atoms with van der Waals surface area (Å²) in [6.07, 6.45) is -6.96. The van der Waals surface area contributed by atoms with E-state index in [2.05, 4.69) is 0 Å². The Balaban J connectivity index is 1.81. The maximum atomic E-state index is 12.2. The smallest absolute Gasteiger partial charge is 0.337 e. The molecule has 2 heterocycles. The van der Waals surface area contributed by atoms with Gasteiger partial charge in [0.15, 0.2) is 6.29 Å². The van der Waals surface area contributed by atoms with Crippen molar-refractivity contribution in [1.29, 1.82) is 0 Å². The van der Waals surface area contributed by atoms with E-state index in [-0.39, 0.29) is 17.8 Å². The second-order valence-corrected chi connectivity index (χ2v) is 7.05. The van der Waals surface area contributed by atoms with Gasteiger partial charge in [-0.1, -0.05) is 6.92 Å². The first-order valence-corrected chi connectivity index (χ1v) is 8.72. The van der Waals surface area contributed by atoms with Crippen molar-refractivity contribution in [2.75, 3.05) is 13.7 Å². The third kappa shape index (κ3) is 3.48. The molecule has 1 saturated heterocycles. The molecule has 0 unspecified atom stereocenters. The molecule has 10 nitrogen and oxygen atoms in total. The number of fused-ring (bicyclic) bond motifs is 1. The van der Waals surface area contributed by atoms with Gasteiger partial charge in [0.25, 0.3) is 0 Å². The molecule has 152 valence electrons. The van der Waals surface area contributed by atoms with Crippen molar-refractivity contribution >= 4 is 11.8 Å². The lowest BCUT2D eigenvalue weighted by Crippen LogP contribution is -2.60. The van der Waals surface area contributed by atoms with Crippen LogP contribution in [0, 0.1) is 17.8 Å². The van der Waals surface area contributed by atoms with Gasteiger partial charge in [-0.15, -0.1) is 0 Å². The third-order valence-corrected chi connectivity index (χ3v) is 5.55. The highest BCUT2D eigenvalue weighted by Crippen LogP contribution is 2.45. The number of aliphatic hydroxyl groups excluding tert-OH is 4. The van der Waals surface area contributed by atoms with Crippen molar-refractivity contribution in [2.45, 2.75) is 50.3 Å². The second-order valence-electron chi connectivity index (χ2n) is 7.05. The van der Waals surface area contributed by atoms with E-state index in [9.17, 15) is 30.0 Å². The minimum absolute atomic E-state index is 0.0623. The van der Waals surface area contributed by atoms with Crippen LogP contribution in [0.2, 0.25) is 0 Å². The summed E-state index contributed by atoms with van der Waals surface area (Å²) in [6.45, 7) is 1.10. The Morgan fingerprint density at radius 1 is 1.22 bits per heavy atom. The zero-order valence-electron chi connectivity index (χ0n) is 14.9.